The average molecular weight is 366 g/mol. The van der Waals surface area contributed by atoms with Gasteiger partial charge in [0.05, 0.1) is 0 Å². The van der Waals surface area contributed by atoms with Crippen molar-refractivity contribution in [3.05, 3.63) is 65.2 Å². The number of anilines is 1. The maximum absolute atomic E-state index is 13.9. The van der Waals surface area contributed by atoms with Crippen LogP contribution in [0.1, 0.15) is 29.9 Å². The van der Waals surface area contributed by atoms with Crippen molar-refractivity contribution in [3.63, 3.8) is 0 Å². The van der Waals surface area contributed by atoms with E-state index >= 15 is 0 Å². The minimum atomic E-state index is -0.417. The van der Waals surface area contributed by atoms with Crippen molar-refractivity contribution in [2.75, 3.05) is 18.0 Å². The van der Waals surface area contributed by atoms with E-state index < -0.39 is 11.6 Å². The van der Waals surface area contributed by atoms with Crippen molar-refractivity contribution in [2.24, 2.45) is 0 Å². The highest BCUT2D eigenvalue weighted by Gasteiger charge is 2.26. The number of hydrogen-bond donors (Lipinski definition) is 0. The second kappa shape index (κ2) is 6.78. The quantitative estimate of drug-likeness (QED) is 0.672. The highest BCUT2D eigenvalue weighted by atomic mass is 79.9. The number of para-hydroxylation sites is 1. The van der Waals surface area contributed by atoms with Gasteiger partial charge in [-0.05, 0) is 42.5 Å². The fraction of sp³-hybridized carbons (Fsp3) is 0.333. The summed E-state index contributed by atoms with van der Waals surface area (Å²) in [5, 5.41) is 0.811. The Labute approximate surface area is 138 Å². The van der Waals surface area contributed by atoms with Gasteiger partial charge in [-0.2, -0.15) is 0 Å². The molecule has 0 aromatic heterocycles. The fourth-order valence-electron chi connectivity index (χ4n) is 3.24. The SMILES string of the molecule is Fc1cccc(F)c1C1CCN(c2ccccc2CBr)CC1. The van der Waals surface area contributed by atoms with Crippen LogP contribution in [0.25, 0.3) is 0 Å². The molecule has 0 amide bonds. The van der Waals surface area contributed by atoms with E-state index in [2.05, 4.69) is 33.0 Å². The summed E-state index contributed by atoms with van der Waals surface area (Å²) in [4.78, 5) is 2.31. The number of alkyl halides is 1. The van der Waals surface area contributed by atoms with E-state index in [1.165, 1.54) is 29.4 Å². The first-order chi connectivity index (χ1) is 10.7. The third-order valence-corrected chi connectivity index (χ3v) is 4.98. The second-order valence-corrected chi connectivity index (χ2v) is 6.22. The number of benzene rings is 2. The van der Waals surface area contributed by atoms with E-state index in [-0.39, 0.29) is 11.5 Å². The van der Waals surface area contributed by atoms with Crippen LogP contribution in [0.3, 0.4) is 0 Å². The number of hydrogen-bond acceptors (Lipinski definition) is 1. The number of nitrogens with zero attached hydrogens (tertiary/aromatic N) is 1. The molecule has 116 valence electrons. The van der Waals surface area contributed by atoms with E-state index in [4.69, 9.17) is 0 Å². The molecule has 0 aliphatic carbocycles. The third kappa shape index (κ3) is 3.02. The van der Waals surface area contributed by atoms with Gasteiger partial charge in [0.15, 0.2) is 0 Å². The van der Waals surface area contributed by atoms with E-state index in [1.807, 2.05) is 12.1 Å². The van der Waals surface area contributed by atoms with Crippen molar-refractivity contribution in [3.8, 4) is 0 Å². The van der Waals surface area contributed by atoms with Gasteiger partial charge in [-0.15, -0.1) is 0 Å². The molecule has 0 saturated carbocycles. The van der Waals surface area contributed by atoms with E-state index in [1.54, 1.807) is 0 Å². The molecule has 1 aliphatic rings. The molecule has 0 radical (unpaired) electrons. The standard InChI is InChI=1S/C18H18BrF2N/c19-12-14-4-1-2-7-17(14)22-10-8-13(9-11-22)18-15(20)5-3-6-16(18)21/h1-7,13H,8-12H2. The zero-order valence-electron chi connectivity index (χ0n) is 12.2. The van der Waals surface area contributed by atoms with Crippen LogP contribution in [0.4, 0.5) is 14.5 Å². The van der Waals surface area contributed by atoms with Crippen molar-refractivity contribution in [1.29, 1.82) is 0 Å². The first-order valence-corrected chi connectivity index (χ1v) is 8.65. The largest absolute Gasteiger partial charge is 0.371 e. The van der Waals surface area contributed by atoms with Gasteiger partial charge in [0, 0.05) is 29.7 Å². The van der Waals surface area contributed by atoms with E-state index in [0.717, 1.165) is 31.3 Å². The first-order valence-electron chi connectivity index (χ1n) is 7.53. The maximum atomic E-state index is 13.9. The molecule has 0 bridgehead atoms. The van der Waals surface area contributed by atoms with Crippen molar-refractivity contribution in [2.45, 2.75) is 24.1 Å². The van der Waals surface area contributed by atoms with Gasteiger partial charge >= 0.3 is 0 Å². The summed E-state index contributed by atoms with van der Waals surface area (Å²) < 4.78 is 27.8. The monoisotopic (exact) mass is 365 g/mol. The zero-order chi connectivity index (χ0) is 15.5. The van der Waals surface area contributed by atoms with Crippen LogP contribution in [-0.4, -0.2) is 13.1 Å². The molecule has 0 atom stereocenters. The summed E-state index contributed by atoms with van der Waals surface area (Å²) in [7, 11) is 0. The molecular formula is C18H18BrF2N. The Kier molecular flexibility index (Phi) is 4.77. The van der Waals surface area contributed by atoms with Crippen molar-refractivity contribution < 1.29 is 8.78 Å². The molecule has 0 unspecified atom stereocenters. The number of rotatable bonds is 3. The molecule has 4 heteroatoms. The van der Waals surface area contributed by atoms with E-state index in [9.17, 15) is 8.78 Å². The highest BCUT2D eigenvalue weighted by Crippen LogP contribution is 2.34. The number of piperidine rings is 1. The Morgan fingerprint density at radius 2 is 1.59 bits per heavy atom. The topological polar surface area (TPSA) is 3.24 Å². The molecule has 2 aromatic carbocycles. The highest BCUT2D eigenvalue weighted by molar-refractivity contribution is 9.08. The van der Waals surface area contributed by atoms with Gasteiger partial charge in [-0.3, -0.25) is 0 Å². The van der Waals surface area contributed by atoms with Gasteiger partial charge in [0.1, 0.15) is 11.6 Å². The van der Waals surface area contributed by atoms with Gasteiger partial charge in [-0.1, -0.05) is 40.2 Å². The maximum Gasteiger partial charge on any atom is 0.129 e. The van der Waals surface area contributed by atoms with Crippen LogP contribution < -0.4 is 4.90 Å². The minimum Gasteiger partial charge on any atom is -0.371 e. The van der Waals surface area contributed by atoms with Crippen LogP contribution in [0, 0.1) is 11.6 Å². The molecule has 0 N–H and O–H groups in total. The average Bonchev–Trinajstić information content (AvgIpc) is 2.55. The molecular weight excluding hydrogens is 348 g/mol. The molecule has 2 aromatic rings. The molecule has 1 fully saturated rings. The van der Waals surface area contributed by atoms with Gasteiger partial charge in [0.2, 0.25) is 0 Å². The Balaban J connectivity index is 1.75. The smallest absolute Gasteiger partial charge is 0.129 e. The summed E-state index contributed by atoms with van der Waals surface area (Å²) in [6.07, 6.45) is 1.54. The molecule has 1 heterocycles. The molecule has 0 spiro atoms. The summed E-state index contributed by atoms with van der Waals surface area (Å²) in [5.41, 5.74) is 2.72. The zero-order valence-corrected chi connectivity index (χ0v) is 13.8. The summed E-state index contributed by atoms with van der Waals surface area (Å²) in [6.45, 7) is 1.64. The molecule has 22 heavy (non-hydrogen) atoms. The van der Waals surface area contributed by atoms with Crippen LogP contribution in [-0.2, 0) is 5.33 Å². The molecule has 1 nitrogen and oxygen atoms in total. The lowest BCUT2D eigenvalue weighted by Crippen LogP contribution is -2.34. The predicted octanol–water partition coefficient (Wildman–Crippen LogP) is 5.24. The van der Waals surface area contributed by atoms with Gasteiger partial charge < -0.3 is 4.90 Å². The minimum absolute atomic E-state index is 0.0337. The Morgan fingerprint density at radius 3 is 2.23 bits per heavy atom. The lowest BCUT2D eigenvalue weighted by Gasteiger charge is -2.35. The lowest BCUT2D eigenvalue weighted by atomic mass is 9.88. The van der Waals surface area contributed by atoms with Crippen LogP contribution in [0.2, 0.25) is 0 Å². The Bertz CT molecular complexity index is 631. The number of halogens is 3. The van der Waals surface area contributed by atoms with Crippen LogP contribution in [0.15, 0.2) is 42.5 Å². The summed E-state index contributed by atoms with van der Waals surface area (Å²) in [6, 6.07) is 12.4. The Hall–Kier alpha value is -1.42. The van der Waals surface area contributed by atoms with Crippen molar-refractivity contribution in [1.82, 2.24) is 0 Å². The van der Waals surface area contributed by atoms with E-state index in [0.29, 0.717) is 0 Å². The fourth-order valence-corrected chi connectivity index (χ4v) is 3.72. The first kappa shape index (κ1) is 15.5. The predicted molar refractivity (Wildman–Crippen MR) is 89.6 cm³/mol. The van der Waals surface area contributed by atoms with Gasteiger partial charge in [-0.25, -0.2) is 8.78 Å². The normalized spacial score (nSPS) is 16.0. The summed E-state index contributed by atoms with van der Waals surface area (Å²) >= 11 is 3.52. The summed E-state index contributed by atoms with van der Waals surface area (Å²) in [5.74, 6) is -0.868. The molecule has 1 saturated heterocycles. The van der Waals surface area contributed by atoms with Crippen molar-refractivity contribution >= 4 is 21.6 Å². The Morgan fingerprint density at radius 1 is 0.955 bits per heavy atom. The van der Waals surface area contributed by atoms with Crippen LogP contribution >= 0.6 is 15.9 Å². The second-order valence-electron chi connectivity index (χ2n) is 5.66. The van der Waals surface area contributed by atoms with Gasteiger partial charge in [0.25, 0.3) is 0 Å². The molecule has 1 aliphatic heterocycles. The molecule has 3 rings (SSSR count). The third-order valence-electron chi connectivity index (χ3n) is 4.38. The lowest BCUT2D eigenvalue weighted by molar-refractivity contribution is 0.455. The van der Waals surface area contributed by atoms with Crippen LogP contribution in [0.5, 0.6) is 0 Å².